The molecule has 0 aliphatic carbocycles. The number of unbranched alkanes of at least 4 members (excludes halogenated alkanes) is 1. The molecule has 1 saturated heterocycles. The normalized spacial score (nSPS) is 29.6. The van der Waals surface area contributed by atoms with E-state index in [0.29, 0.717) is 25.8 Å². The number of amides is 2. The van der Waals surface area contributed by atoms with E-state index in [1.54, 1.807) is 0 Å². The van der Waals surface area contributed by atoms with Crippen molar-refractivity contribution in [2.45, 2.75) is 87.9 Å². The smallest absolute Gasteiger partial charge is 0.325 e. The SMILES string of the molecule is C[C@H](NC(=O)[C@H](C)NC(=O)[C@@H](N)CCCCNCC[C@]1(O)O[C@H](CO)[C@@H](O)[C@H](O)[C@H]1O)C(=O)O. The number of carboxylic acids is 1. The number of carboxylic acid groups (broad SMARTS) is 1. The molecule has 1 fully saturated rings. The van der Waals surface area contributed by atoms with Crippen molar-refractivity contribution in [1.82, 2.24) is 16.0 Å². The van der Waals surface area contributed by atoms with Gasteiger partial charge in [0.25, 0.3) is 0 Å². The summed E-state index contributed by atoms with van der Waals surface area (Å²) in [7, 11) is 0. The second-order valence-corrected chi connectivity index (χ2v) is 8.51. The Morgan fingerprint density at radius 2 is 1.62 bits per heavy atom. The van der Waals surface area contributed by atoms with Crippen LogP contribution in [0.15, 0.2) is 0 Å². The van der Waals surface area contributed by atoms with Crippen LogP contribution in [0.4, 0.5) is 0 Å². The lowest BCUT2D eigenvalue weighted by Crippen LogP contribution is -2.65. The summed E-state index contributed by atoms with van der Waals surface area (Å²) in [5, 5.41) is 65.7. The third-order valence-corrected chi connectivity index (χ3v) is 5.65. The van der Waals surface area contributed by atoms with E-state index >= 15 is 0 Å². The number of ether oxygens (including phenoxy) is 1. The minimum Gasteiger partial charge on any atom is -0.480 e. The average Bonchev–Trinajstić information content (AvgIpc) is 2.79. The first kappa shape index (κ1) is 30.1. The molecule has 0 unspecified atom stereocenters. The van der Waals surface area contributed by atoms with Gasteiger partial charge in [0.2, 0.25) is 11.8 Å². The Kier molecular flexibility index (Phi) is 12.3. The van der Waals surface area contributed by atoms with E-state index in [2.05, 4.69) is 16.0 Å². The molecule has 0 aromatic rings. The van der Waals surface area contributed by atoms with E-state index in [9.17, 15) is 39.9 Å². The van der Waals surface area contributed by atoms with Crippen molar-refractivity contribution in [3.63, 3.8) is 0 Å². The van der Waals surface area contributed by atoms with Gasteiger partial charge in [-0.25, -0.2) is 0 Å². The summed E-state index contributed by atoms with van der Waals surface area (Å²) in [6, 6.07) is -2.90. The number of aliphatic hydroxyl groups excluding tert-OH is 4. The van der Waals surface area contributed by atoms with E-state index in [-0.39, 0.29) is 13.0 Å². The molecule has 0 spiro atoms. The molecule has 198 valence electrons. The molecule has 0 aromatic carbocycles. The Balaban J connectivity index is 2.27. The molecule has 0 aromatic heterocycles. The van der Waals surface area contributed by atoms with Crippen LogP contribution in [0, 0.1) is 0 Å². The second kappa shape index (κ2) is 13.8. The highest BCUT2D eigenvalue weighted by Crippen LogP contribution is 2.30. The van der Waals surface area contributed by atoms with Crippen LogP contribution < -0.4 is 21.7 Å². The van der Waals surface area contributed by atoms with Crippen molar-refractivity contribution >= 4 is 17.8 Å². The zero-order valence-electron chi connectivity index (χ0n) is 19.4. The van der Waals surface area contributed by atoms with Crippen LogP contribution in [0.25, 0.3) is 0 Å². The number of nitrogens with one attached hydrogen (secondary N) is 3. The molecule has 0 bridgehead atoms. The van der Waals surface area contributed by atoms with Gasteiger partial charge in [-0.15, -0.1) is 0 Å². The number of hydrogen-bond acceptors (Lipinski definition) is 11. The van der Waals surface area contributed by atoms with Crippen LogP contribution >= 0.6 is 0 Å². The van der Waals surface area contributed by atoms with Gasteiger partial charge in [0.1, 0.15) is 36.5 Å². The first-order valence-electron chi connectivity index (χ1n) is 11.2. The fourth-order valence-corrected chi connectivity index (χ4v) is 3.35. The summed E-state index contributed by atoms with van der Waals surface area (Å²) in [4.78, 5) is 34.8. The first-order chi connectivity index (χ1) is 15.8. The lowest BCUT2D eigenvalue weighted by molar-refractivity contribution is -0.350. The molecule has 8 atom stereocenters. The van der Waals surface area contributed by atoms with Crippen LogP contribution in [-0.2, 0) is 19.1 Å². The Morgan fingerprint density at radius 1 is 1.00 bits per heavy atom. The zero-order chi connectivity index (χ0) is 26.1. The Labute approximate surface area is 197 Å². The number of hydrogen-bond donors (Lipinski definition) is 10. The molecule has 1 rings (SSSR count). The quantitative estimate of drug-likeness (QED) is 0.103. The van der Waals surface area contributed by atoms with Crippen molar-refractivity contribution in [3.8, 4) is 0 Å². The van der Waals surface area contributed by atoms with E-state index in [1.807, 2.05) is 0 Å². The standard InChI is InChI=1S/C20H38N4O10/c1-10(17(29)24-11(2)19(31)32)23-18(30)12(21)5-3-4-7-22-8-6-20(33)16(28)15(27)14(26)13(9-25)34-20/h10-16,22,25-28,33H,3-9,21H2,1-2H3,(H,23,30)(H,24,29)(H,31,32)/t10-,11-,12-,13+,14+,15-,16+,20-/m0/s1. The van der Waals surface area contributed by atoms with Crippen LogP contribution in [-0.4, -0.2) is 116 Å². The van der Waals surface area contributed by atoms with Crippen molar-refractivity contribution in [2.75, 3.05) is 19.7 Å². The third kappa shape index (κ3) is 8.70. The van der Waals surface area contributed by atoms with E-state index < -0.39 is 72.7 Å². The number of nitrogens with two attached hydrogens (primary N) is 1. The fourth-order valence-electron chi connectivity index (χ4n) is 3.35. The van der Waals surface area contributed by atoms with Gasteiger partial charge >= 0.3 is 5.97 Å². The predicted octanol–water partition coefficient (Wildman–Crippen LogP) is -4.28. The number of aliphatic hydroxyl groups is 5. The van der Waals surface area contributed by atoms with Crippen molar-refractivity contribution < 1.29 is 49.8 Å². The van der Waals surface area contributed by atoms with Gasteiger partial charge < -0.3 is 57.1 Å². The molecule has 0 saturated carbocycles. The molecular weight excluding hydrogens is 456 g/mol. The van der Waals surface area contributed by atoms with E-state index in [4.69, 9.17) is 15.6 Å². The van der Waals surface area contributed by atoms with Crippen LogP contribution in [0.1, 0.15) is 39.5 Å². The zero-order valence-corrected chi connectivity index (χ0v) is 19.4. The lowest BCUT2D eigenvalue weighted by Gasteiger charge is -2.45. The summed E-state index contributed by atoms with van der Waals surface area (Å²) in [5.41, 5.74) is 5.84. The maximum atomic E-state index is 12.1. The van der Waals surface area contributed by atoms with Crippen LogP contribution in [0.2, 0.25) is 0 Å². The Bertz CT molecular complexity index is 682. The van der Waals surface area contributed by atoms with Gasteiger partial charge in [-0.3, -0.25) is 14.4 Å². The lowest BCUT2D eigenvalue weighted by atomic mass is 9.91. The Hall–Kier alpha value is -1.91. The number of carbonyl (C=O) groups excluding carboxylic acids is 2. The maximum absolute atomic E-state index is 12.1. The summed E-state index contributed by atoms with van der Waals surface area (Å²) in [6.07, 6.45) is -4.77. The van der Waals surface area contributed by atoms with E-state index in [1.165, 1.54) is 13.8 Å². The highest BCUT2D eigenvalue weighted by molar-refractivity contribution is 5.91. The predicted molar refractivity (Wildman–Crippen MR) is 117 cm³/mol. The number of rotatable bonds is 14. The summed E-state index contributed by atoms with van der Waals surface area (Å²) >= 11 is 0. The molecule has 14 heteroatoms. The minimum absolute atomic E-state index is 0.114. The van der Waals surface area contributed by atoms with E-state index in [0.717, 1.165) is 0 Å². The largest absolute Gasteiger partial charge is 0.480 e. The van der Waals surface area contributed by atoms with Crippen LogP contribution in [0.3, 0.4) is 0 Å². The summed E-state index contributed by atoms with van der Waals surface area (Å²) in [5.74, 6) is -4.51. The number of carbonyl (C=O) groups is 3. The molecule has 34 heavy (non-hydrogen) atoms. The molecular formula is C20H38N4O10. The van der Waals surface area contributed by atoms with Gasteiger partial charge in [-0.1, -0.05) is 6.42 Å². The van der Waals surface area contributed by atoms with Crippen molar-refractivity contribution in [3.05, 3.63) is 0 Å². The number of aliphatic carboxylic acids is 1. The maximum Gasteiger partial charge on any atom is 0.325 e. The van der Waals surface area contributed by atoms with Gasteiger partial charge in [0.15, 0.2) is 5.79 Å². The topological polar surface area (TPSA) is 244 Å². The summed E-state index contributed by atoms with van der Waals surface area (Å²) in [6.45, 7) is 2.77. The van der Waals surface area contributed by atoms with Crippen molar-refractivity contribution in [1.29, 1.82) is 0 Å². The highest BCUT2D eigenvalue weighted by atomic mass is 16.7. The Morgan fingerprint density at radius 3 is 2.21 bits per heavy atom. The molecule has 14 nitrogen and oxygen atoms in total. The molecule has 0 radical (unpaired) electrons. The van der Waals surface area contributed by atoms with Gasteiger partial charge in [-0.05, 0) is 33.2 Å². The average molecular weight is 495 g/mol. The second-order valence-electron chi connectivity index (χ2n) is 8.51. The van der Waals surface area contributed by atoms with Crippen molar-refractivity contribution in [2.24, 2.45) is 5.73 Å². The fraction of sp³-hybridized carbons (Fsp3) is 0.850. The molecule has 2 amide bonds. The molecule has 1 heterocycles. The van der Waals surface area contributed by atoms with Gasteiger partial charge in [0, 0.05) is 13.0 Å². The first-order valence-corrected chi connectivity index (χ1v) is 11.2. The van der Waals surface area contributed by atoms with Crippen LogP contribution in [0.5, 0.6) is 0 Å². The van der Waals surface area contributed by atoms with Gasteiger partial charge in [-0.2, -0.15) is 0 Å². The third-order valence-electron chi connectivity index (χ3n) is 5.65. The summed E-state index contributed by atoms with van der Waals surface area (Å²) < 4.78 is 5.17. The minimum atomic E-state index is -2.13. The molecule has 1 aliphatic heterocycles. The molecule has 11 N–H and O–H groups in total. The monoisotopic (exact) mass is 494 g/mol. The van der Waals surface area contributed by atoms with Gasteiger partial charge in [0.05, 0.1) is 12.6 Å². The highest BCUT2D eigenvalue weighted by Gasteiger charge is 2.52. The molecule has 1 aliphatic rings.